The predicted molar refractivity (Wildman–Crippen MR) is 97.0 cm³/mol. The summed E-state index contributed by atoms with van der Waals surface area (Å²) in [6.07, 6.45) is 5.84. The number of rotatable bonds is 4. The summed E-state index contributed by atoms with van der Waals surface area (Å²) >= 11 is 5.09. The summed E-state index contributed by atoms with van der Waals surface area (Å²) in [4.78, 5) is 17.6. The largest absolute Gasteiger partial charge is 0.332 e. The highest BCUT2D eigenvalue weighted by Gasteiger charge is 2.05. The quantitative estimate of drug-likeness (QED) is 0.658. The van der Waals surface area contributed by atoms with E-state index in [0.29, 0.717) is 6.54 Å². The summed E-state index contributed by atoms with van der Waals surface area (Å²) in [7, 11) is 0. The highest BCUT2D eigenvalue weighted by molar-refractivity contribution is 9.10. The second kappa shape index (κ2) is 7.06. The molecule has 7 heteroatoms. The van der Waals surface area contributed by atoms with Gasteiger partial charge in [0.1, 0.15) is 5.65 Å². The molecule has 23 heavy (non-hydrogen) atoms. The summed E-state index contributed by atoms with van der Waals surface area (Å²) in [6.45, 7) is 0.369. The summed E-state index contributed by atoms with van der Waals surface area (Å²) < 4.78 is 2.90. The molecule has 118 valence electrons. The van der Waals surface area contributed by atoms with Crippen LogP contribution >= 0.6 is 27.7 Å². The topological polar surface area (TPSA) is 58.4 Å². The number of carbonyl (C=O) groups is 1. The van der Waals surface area contributed by atoms with Gasteiger partial charge in [-0.3, -0.25) is 0 Å². The van der Waals surface area contributed by atoms with Gasteiger partial charge in [-0.05, 0) is 58.6 Å². The van der Waals surface area contributed by atoms with Crippen LogP contribution in [0.3, 0.4) is 0 Å². The van der Waals surface area contributed by atoms with Gasteiger partial charge in [0.05, 0.1) is 12.2 Å². The number of fused-ring (bicyclic) bond motifs is 1. The number of anilines is 1. The van der Waals surface area contributed by atoms with Crippen molar-refractivity contribution in [3.8, 4) is 0 Å². The van der Waals surface area contributed by atoms with Crippen LogP contribution in [0.25, 0.3) is 5.65 Å². The fourth-order valence-corrected chi connectivity index (χ4v) is 2.88. The second-order valence-electron chi connectivity index (χ2n) is 4.88. The van der Waals surface area contributed by atoms with E-state index < -0.39 is 0 Å². The summed E-state index contributed by atoms with van der Waals surface area (Å²) in [6, 6.07) is 11.3. The Hall–Kier alpha value is -1.99. The number of pyridine rings is 1. The molecule has 2 aromatic heterocycles. The Kier molecular flexibility index (Phi) is 4.88. The minimum Gasteiger partial charge on any atom is -0.332 e. The number of benzene rings is 1. The maximum atomic E-state index is 11.9. The lowest BCUT2D eigenvalue weighted by Gasteiger charge is -2.06. The molecule has 0 saturated heterocycles. The second-order valence-corrected chi connectivity index (χ2v) is 6.68. The standard InChI is InChI=1S/C16H15BrN4OS/c1-23-14-5-3-12(4-6-14)20-16(22)18-8-13-10-21-9-11(17)2-7-15(21)19-13/h2-7,9-10H,8H2,1H3,(H2,18,20,22). The van der Waals surface area contributed by atoms with Crippen LogP contribution in [0.5, 0.6) is 0 Å². The molecule has 0 spiro atoms. The average Bonchev–Trinajstić information content (AvgIpc) is 2.95. The molecule has 2 amide bonds. The van der Waals surface area contributed by atoms with Crippen LogP contribution in [0.15, 0.2) is 58.2 Å². The predicted octanol–water partition coefficient (Wildman–Crippen LogP) is 4.14. The number of aromatic nitrogens is 2. The lowest BCUT2D eigenvalue weighted by atomic mass is 10.3. The third-order valence-electron chi connectivity index (χ3n) is 3.24. The highest BCUT2D eigenvalue weighted by Crippen LogP contribution is 2.17. The van der Waals surface area contributed by atoms with E-state index in [2.05, 4.69) is 31.5 Å². The van der Waals surface area contributed by atoms with Crippen LogP contribution in [0, 0.1) is 0 Å². The molecule has 5 nitrogen and oxygen atoms in total. The number of carbonyl (C=O) groups excluding carboxylic acids is 1. The van der Waals surface area contributed by atoms with E-state index >= 15 is 0 Å². The molecular formula is C16H15BrN4OS. The van der Waals surface area contributed by atoms with E-state index in [4.69, 9.17) is 0 Å². The Labute approximate surface area is 146 Å². The van der Waals surface area contributed by atoms with Crippen molar-refractivity contribution in [3.05, 3.63) is 59.0 Å². The summed E-state index contributed by atoms with van der Waals surface area (Å²) in [5.74, 6) is 0. The van der Waals surface area contributed by atoms with Crippen LogP contribution < -0.4 is 10.6 Å². The van der Waals surface area contributed by atoms with Gasteiger partial charge in [0.25, 0.3) is 0 Å². The van der Waals surface area contributed by atoms with E-state index in [1.165, 1.54) is 0 Å². The molecule has 2 N–H and O–H groups in total. The maximum Gasteiger partial charge on any atom is 0.319 e. The van der Waals surface area contributed by atoms with Gasteiger partial charge < -0.3 is 15.0 Å². The minimum absolute atomic E-state index is 0.250. The Balaban J connectivity index is 1.58. The first-order valence-electron chi connectivity index (χ1n) is 6.96. The smallest absolute Gasteiger partial charge is 0.319 e. The zero-order chi connectivity index (χ0) is 16.2. The van der Waals surface area contributed by atoms with Gasteiger partial charge in [0.2, 0.25) is 0 Å². The number of imidazole rings is 1. The summed E-state index contributed by atoms with van der Waals surface area (Å²) in [5, 5.41) is 5.61. The zero-order valence-electron chi connectivity index (χ0n) is 12.4. The minimum atomic E-state index is -0.250. The lowest BCUT2D eigenvalue weighted by molar-refractivity contribution is 0.251. The van der Waals surface area contributed by atoms with Crippen LogP contribution in [0.2, 0.25) is 0 Å². The molecule has 3 aromatic rings. The van der Waals surface area contributed by atoms with Gasteiger partial charge >= 0.3 is 6.03 Å². The van der Waals surface area contributed by atoms with E-state index in [-0.39, 0.29) is 6.03 Å². The van der Waals surface area contributed by atoms with E-state index in [1.54, 1.807) is 11.8 Å². The van der Waals surface area contributed by atoms with Gasteiger partial charge in [-0.2, -0.15) is 0 Å². The SMILES string of the molecule is CSc1ccc(NC(=O)NCc2cn3cc(Br)ccc3n2)cc1. The van der Waals surface area contributed by atoms with Crippen molar-refractivity contribution in [1.29, 1.82) is 0 Å². The molecule has 0 fully saturated rings. The third kappa shape index (κ3) is 4.05. The first-order valence-corrected chi connectivity index (χ1v) is 8.98. The number of hydrogen-bond acceptors (Lipinski definition) is 3. The highest BCUT2D eigenvalue weighted by atomic mass is 79.9. The Morgan fingerprint density at radius 1 is 1.22 bits per heavy atom. The first kappa shape index (κ1) is 15.9. The fraction of sp³-hybridized carbons (Fsp3) is 0.125. The van der Waals surface area contributed by atoms with Gasteiger partial charge in [-0.15, -0.1) is 11.8 Å². The molecule has 0 saturated carbocycles. The van der Waals surface area contributed by atoms with Crippen LogP contribution in [0.4, 0.5) is 10.5 Å². The average molecular weight is 391 g/mol. The van der Waals surface area contributed by atoms with Crippen molar-refractivity contribution in [2.45, 2.75) is 11.4 Å². The fourth-order valence-electron chi connectivity index (χ4n) is 2.12. The molecule has 0 atom stereocenters. The van der Waals surface area contributed by atoms with Crippen LogP contribution in [0.1, 0.15) is 5.69 Å². The molecular weight excluding hydrogens is 376 g/mol. The van der Waals surface area contributed by atoms with Crippen molar-refractivity contribution in [2.75, 3.05) is 11.6 Å². The number of urea groups is 1. The van der Waals surface area contributed by atoms with E-state index in [0.717, 1.165) is 26.4 Å². The van der Waals surface area contributed by atoms with E-state index in [1.807, 2.05) is 59.4 Å². The van der Waals surface area contributed by atoms with Gasteiger partial charge in [-0.1, -0.05) is 0 Å². The van der Waals surface area contributed by atoms with Crippen LogP contribution in [-0.4, -0.2) is 21.7 Å². The molecule has 3 rings (SSSR count). The van der Waals surface area contributed by atoms with E-state index in [9.17, 15) is 4.79 Å². The molecule has 2 heterocycles. The molecule has 0 aliphatic rings. The Morgan fingerprint density at radius 2 is 2.00 bits per heavy atom. The number of halogens is 1. The molecule has 0 unspecified atom stereocenters. The Morgan fingerprint density at radius 3 is 2.74 bits per heavy atom. The number of nitrogens with one attached hydrogen (secondary N) is 2. The molecule has 0 aliphatic carbocycles. The molecule has 0 bridgehead atoms. The lowest BCUT2D eigenvalue weighted by Crippen LogP contribution is -2.28. The summed E-state index contributed by atoms with van der Waals surface area (Å²) in [5.41, 5.74) is 2.41. The number of thioether (sulfide) groups is 1. The number of hydrogen-bond donors (Lipinski definition) is 2. The van der Waals surface area contributed by atoms with Crippen LogP contribution in [-0.2, 0) is 6.54 Å². The number of amides is 2. The molecule has 0 aliphatic heterocycles. The van der Waals surface area contributed by atoms with Crippen molar-refractivity contribution in [2.24, 2.45) is 0 Å². The normalized spacial score (nSPS) is 10.7. The molecule has 1 aromatic carbocycles. The Bertz CT molecular complexity index is 832. The first-order chi connectivity index (χ1) is 11.1. The zero-order valence-corrected chi connectivity index (χ0v) is 14.8. The van der Waals surface area contributed by atoms with Crippen molar-refractivity contribution >= 4 is 45.1 Å². The van der Waals surface area contributed by atoms with Crippen molar-refractivity contribution in [1.82, 2.24) is 14.7 Å². The monoisotopic (exact) mass is 390 g/mol. The molecule has 0 radical (unpaired) electrons. The van der Waals surface area contributed by atoms with Gasteiger partial charge in [0, 0.05) is 27.4 Å². The third-order valence-corrected chi connectivity index (χ3v) is 4.46. The van der Waals surface area contributed by atoms with Crippen molar-refractivity contribution in [3.63, 3.8) is 0 Å². The number of nitrogens with zero attached hydrogens (tertiary/aromatic N) is 2. The van der Waals surface area contributed by atoms with Gasteiger partial charge in [-0.25, -0.2) is 9.78 Å². The van der Waals surface area contributed by atoms with Crippen molar-refractivity contribution < 1.29 is 4.79 Å². The van der Waals surface area contributed by atoms with Gasteiger partial charge in [0.15, 0.2) is 0 Å². The maximum absolute atomic E-state index is 11.9.